The first-order valence-corrected chi connectivity index (χ1v) is 13.0. The van der Waals surface area contributed by atoms with E-state index >= 15 is 0 Å². The molecule has 0 bridgehead atoms. The average Bonchev–Trinajstić information content (AvgIpc) is 3.33. The first-order chi connectivity index (χ1) is 18.4. The predicted molar refractivity (Wildman–Crippen MR) is 147 cm³/mol. The topological polar surface area (TPSA) is 106 Å². The molecule has 2 amide bonds. The summed E-state index contributed by atoms with van der Waals surface area (Å²) in [4.78, 5) is 29.4. The van der Waals surface area contributed by atoms with Crippen LogP contribution in [0.25, 0.3) is 5.69 Å². The second-order valence-electron chi connectivity index (χ2n) is 10.1. The van der Waals surface area contributed by atoms with Gasteiger partial charge in [-0.05, 0) is 54.8 Å². The second kappa shape index (κ2) is 10.7. The third-order valence-corrected chi connectivity index (χ3v) is 7.36. The Morgan fingerprint density at radius 3 is 2.47 bits per heavy atom. The lowest BCUT2D eigenvalue weighted by Crippen LogP contribution is -2.57. The number of piperazine rings is 1. The average molecular weight is 515 g/mol. The number of amides is 2. The highest BCUT2D eigenvalue weighted by molar-refractivity contribution is 5.98. The van der Waals surface area contributed by atoms with Gasteiger partial charge in [0.05, 0.1) is 17.4 Å². The van der Waals surface area contributed by atoms with Crippen molar-refractivity contribution in [3.05, 3.63) is 78.6 Å². The van der Waals surface area contributed by atoms with Gasteiger partial charge in [0.2, 0.25) is 5.91 Å². The van der Waals surface area contributed by atoms with Crippen LogP contribution in [0.2, 0.25) is 0 Å². The quantitative estimate of drug-likeness (QED) is 0.462. The van der Waals surface area contributed by atoms with E-state index in [4.69, 9.17) is 15.6 Å². The van der Waals surface area contributed by atoms with Crippen LogP contribution in [0.3, 0.4) is 0 Å². The Morgan fingerprint density at radius 1 is 1.11 bits per heavy atom. The number of nitrogens with one attached hydrogen (secondary N) is 1. The minimum Gasteiger partial charge on any atom is -0.457 e. The summed E-state index contributed by atoms with van der Waals surface area (Å²) in [5, 5.41) is 8.30. The summed E-state index contributed by atoms with van der Waals surface area (Å²) >= 11 is 0. The number of benzene rings is 2. The van der Waals surface area contributed by atoms with E-state index in [1.807, 2.05) is 59.5 Å². The van der Waals surface area contributed by atoms with E-state index < -0.39 is 5.91 Å². The minimum absolute atomic E-state index is 0.00789. The molecule has 3 heterocycles. The van der Waals surface area contributed by atoms with Gasteiger partial charge >= 0.3 is 0 Å². The monoisotopic (exact) mass is 514 g/mol. The van der Waals surface area contributed by atoms with Gasteiger partial charge in [-0.2, -0.15) is 5.10 Å². The third kappa shape index (κ3) is 4.89. The van der Waals surface area contributed by atoms with E-state index in [0.717, 1.165) is 36.6 Å². The molecule has 5 rings (SSSR count). The molecule has 198 valence electrons. The summed E-state index contributed by atoms with van der Waals surface area (Å²) in [7, 11) is 0. The van der Waals surface area contributed by atoms with Crippen LogP contribution >= 0.6 is 0 Å². The summed E-state index contributed by atoms with van der Waals surface area (Å²) in [6.07, 6.45) is 2.23. The fourth-order valence-electron chi connectivity index (χ4n) is 5.44. The van der Waals surface area contributed by atoms with E-state index in [9.17, 15) is 9.59 Å². The minimum atomic E-state index is -0.544. The van der Waals surface area contributed by atoms with Crippen molar-refractivity contribution in [2.45, 2.75) is 32.4 Å². The van der Waals surface area contributed by atoms with Crippen molar-refractivity contribution < 1.29 is 14.3 Å². The standard InChI is InChI=1S/C29H34N6O3/c1-4-25(36)34-17-16-33(18-24(34)19(2)3)23-14-15-31-27-26(23)32-35(28(27)29(30)37)20-10-12-22(13-11-20)38-21-8-6-5-7-9-21/h4-13,19,23-24,31H,1,14-18H2,2-3H3,(H2,30,37)/t23?,24-/m0/s1. The molecule has 3 aromatic rings. The van der Waals surface area contributed by atoms with Gasteiger partial charge in [0.1, 0.15) is 17.2 Å². The molecule has 1 aromatic heterocycles. The van der Waals surface area contributed by atoms with Crippen LogP contribution in [-0.4, -0.2) is 63.6 Å². The lowest BCUT2D eigenvalue weighted by atomic mass is 9.95. The number of carbonyl (C=O) groups excluding carboxylic acids is 2. The number of fused-ring (bicyclic) bond motifs is 1. The molecule has 9 heteroatoms. The van der Waals surface area contributed by atoms with Crippen LogP contribution < -0.4 is 15.8 Å². The molecular weight excluding hydrogens is 480 g/mol. The molecule has 2 aliphatic heterocycles. The van der Waals surface area contributed by atoms with E-state index in [0.29, 0.717) is 36.1 Å². The number of hydrogen-bond donors (Lipinski definition) is 2. The number of hydrogen-bond acceptors (Lipinski definition) is 6. The highest BCUT2D eigenvalue weighted by Crippen LogP contribution is 2.38. The molecule has 0 saturated carbocycles. The van der Waals surface area contributed by atoms with Crippen LogP contribution in [0, 0.1) is 5.92 Å². The highest BCUT2D eigenvalue weighted by Gasteiger charge is 2.39. The molecule has 0 radical (unpaired) electrons. The lowest BCUT2D eigenvalue weighted by molar-refractivity contribution is -0.132. The van der Waals surface area contributed by atoms with E-state index in [1.165, 1.54) is 6.08 Å². The van der Waals surface area contributed by atoms with Gasteiger partial charge in [-0.25, -0.2) is 4.68 Å². The molecule has 38 heavy (non-hydrogen) atoms. The summed E-state index contributed by atoms with van der Waals surface area (Å²) < 4.78 is 7.54. The number of anilines is 1. The fourth-order valence-corrected chi connectivity index (χ4v) is 5.44. The van der Waals surface area contributed by atoms with Gasteiger partial charge in [0, 0.05) is 32.2 Å². The molecule has 3 N–H and O–H groups in total. The van der Waals surface area contributed by atoms with E-state index in [2.05, 4.69) is 30.6 Å². The molecule has 0 spiro atoms. The maximum atomic E-state index is 12.6. The zero-order chi connectivity index (χ0) is 26.8. The van der Waals surface area contributed by atoms with E-state index in [-0.39, 0.29) is 18.0 Å². The summed E-state index contributed by atoms with van der Waals surface area (Å²) in [6.45, 7) is 10.7. The van der Waals surface area contributed by atoms with Crippen molar-refractivity contribution in [3.63, 3.8) is 0 Å². The SMILES string of the molecule is C=CC(=O)N1CCN(C2CCNc3c2nn(-c2ccc(Oc4ccccc4)cc2)c3C(N)=O)C[C@H]1C(C)C. The zero-order valence-electron chi connectivity index (χ0n) is 21.8. The third-order valence-electron chi connectivity index (χ3n) is 7.36. The number of primary amides is 1. The van der Waals surface area contributed by atoms with Crippen molar-refractivity contribution >= 4 is 17.5 Å². The van der Waals surface area contributed by atoms with Gasteiger partial charge < -0.3 is 20.7 Å². The zero-order valence-corrected chi connectivity index (χ0v) is 21.8. The normalized spacial score (nSPS) is 19.5. The fraction of sp³-hybridized carbons (Fsp3) is 0.345. The van der Waals surface area contributed by atoms with Crippen molar-refractivity contribution in [3.8, 4) is 17.2 Å². The summed E-state index contributed by atoms with van der Waals surface area (Å²) in [5.41, 5.74) is 8.42. The summed E-state index contributed by atoms with van der Waals surface area (Å²) in [6, 6.07) is 17.1. The van der Waals surface area contributed by atoms with Crippen LogP contribution in [0.15, 0.2) is 67.3 Å². The summed E-state index contributed by atoms with van der Waals surface area (Å²) in [5.74, 6) is 1.14. The molecule has 1 fully saturated rings. The molecule has 2 atom stereocenters. The Morgan fingerprint density at radius 2 is 1.82 bits per heavy atom. The molecule has 2 aromatic carbocycles. The van der Waals surface area contributed by atoms with E-state index in [1.54, 1.807) is 4.68 Å². The van der Waals surface area contributed by atoms with Crippen LogP contribution in [-0.2, 0) is 4.79 Å². The predicted octanol–water partition coefficient (Wildman–Crippen LogP) is 3.98. The number of aromatic nitrogens is 2. The van der Waals surface area contributed by atoms with Gasteiger partial charge in [0.15, 0.2) is 5.69 Å². The second-order valence-corrected chi connectivity index (χ2v) is 10.1. The maximum absolute atomic E-state index is 12.6. The first-order valence-electron chi connectivity index (χ1n) is 13.0. The molecule has 9 nitrogen and oxygen atoms in total. The van der Waals surface area contributed by atoms with Crippen molar-refractivity contribution in [2.24, 2.45) is 11.7 Å². The number of para-hydroxylation sites is 1. The Balaban J connectivity index is 1.44. The van der Waals surface area contributed by atoms with Crippen molar-refractivity contribution in [1.29, 1.82) is 0 Å². The lowest BCUT2D eigenvalue weighted by Gasteiger charge is -2.46. The Bertz CT molecular complexity index is 1320. The largest absolute Gasteiger partial charge is 0.457 e. The first kappa shape index (κ1) is 25.5. The van der Waals surface area contributed by atoms with Crippen LogP contribution in [0.5, 0.6) is 11.5 Å². The number of carbonyl (C=O) groups is 2. The Kier molecular flexibility index (Phi) is 7.20. The number of nitrogens with zero attached hydrogens (tertiary/aromatic N) is 4. The van der Waals surface area contributed by atoms with Crippen LogP contribution in [0.4, 0.5) is 5.69 Å². The van der Waals surface area contributed by atoms with Gasteiger partial charge in [-0.15, -0.1) is 0 Å². The molecule has 2 aliphatic rings. The molecular formula is C29H34N6O3. The molecule has 1 unspecified atom stereocenters. The van der Waals surface area contributed by atoms with Crippen molar-refractivity contribution in [1.82, 2.24) is 19.6 Å². The Labute approximate surface area is 222 Å². The maximum Gasteiger partial charge on any atom is 0.269 e. The number of ether oxygens (including phenoxy) is 1. The van der Waals surface area contributed by atoms with Crippen molar-refractivity contribution in [2.75, 3.05) is 31.5 Å². The Hall–Kier alpha value is -4.11. The van der Waals surface area contributed by atoms with Crippen LogP contribution in [0.1, 0.15) is 42.5 Å². The smallest absolute Gasteiger partial charge is 0.269 e. The number of rotatable bonds is 7. The molecule has 0 aliphatic carbocycles. The van der Waals surface area contributed by atoms with Gasteiger partial charge in [-0.3, -0.25) is 14.5 Å². The molecule has 1 saturated heterocycles. The van der Waals surface area contributed by atoms with Gasteiger partial charge in [-0.1, -0.05) is 38.6 Å². The number of nitrogens with two attached hydrogens (primary N) is 1. The van der Waals surface area contributed by atoms with Gasteiger partial charge in [0.25, 0.3) is 5.91 Å². The highest BCUT2D eigenvalue weighted by atomic mass is 16.5.